The van der Waals surface area contributed by atoms with E-state index in [9.17, 15) is 23.6 Å². The maximum absolute atomic E-state index is 14.2. The molecule has 3 aromatic carbocycles. The molecule has 1 aliphatic carbocycles. The molecule has 8 nitrogen and oxygen atoms in total. The Balaban J connectivity index is 1.27. The van der Waals surface area contributed by atoms with E-state index in [1.54, 1.807) is 36.4 Å². The van der Waals surface area contributed by atoms with E-state index in [1.165, 1.54) is 28.6 Å². The van der Waals surface area contributed by atoms with Gasteiger partial charge in [0.15, 0.2) is 5.78 Å². The van der Waals surface area contributed by atoms with Gasteiger partial charge in [-0.3, -0.25) is 23.9 Å². The molecule has 222 valence electrons. The molecule has 0 spiro atoms. The smallest absolute Gasteiger partial charge is 0.245 e. The Kier molecular flexibility index (Phi) is 9.22. The van der Waals surface area contributed by atoms with Crippen molar-refractivity contribution in [3.8, 4) is 0 Å². The molecular weight excluding hydrogens is 594 g/mol. The quantitative estimate of drug-likeness (QED) is 0.215. The van der Waals surface area contributed by atoms with Crippen molar-refractivity contribution in [1.29, 1.82) is 0 Å². The van der Waals surface area contributed by atoms with Crippen molar-refractivity contribution in [3.05, 3.63) is 98.9 Å². The Morgan fingerprint density at radius 3 is 2.40 bits per heavy atom. The second-order valence-corrected chi connectivity index (χ2v) is 11.5. The number of hydrogen-bond acceptors (Lipinski definition) is 5. The predicted molar refractivity (Wildman–Crippen MR) is 162 cm³/mol. The van der Waals surface area contributed by atoms with Gasteiger partial charge in [-0.05, 0) is 54.3 Å². The van der Waals surface area contributed by atoms with Crippen LogP contribution in [0.5, 0.6) is 0 Å². The molecular formula is C32H29Cl2FN4O4. The van der Waals surface area contributed by atoms with E-state index in [-0.39, 0.29) is 72.3 Å². The number of Topliss-reactive ketones (excluding diaryl/α,β-unsaturated/α-hetero) is 2. The van der Waals surface area contributed by atoms with E-state index in [0.717, 1.165) is 24.0 Å². The minimum Gasteiger partial charge on any atom is -0.350 e. The van der Waals surface area contributed by atoms with E-state index < -0.39 is 11.7 Å². The molecule has 1 aromatic heterocycles. The normalized spacial score (nSPS) is 12.7. The molecule has 1 fully saturated rings. The number of carbonyl (C=O) groups excluding carboxylic acids is 4. The van der Waals surface area contributed by atoms with Crippen LogP contribution >= 0.6 is 23.2 Å². The van der Waals surface area contributed by atoms with Crippen LogP contribution in [-0.2, 0) is 40.3 Å². The average Bonchev–Trinajstić information content (AvgIpc) is 3.75. The number of nitrogens with zero attached hydrogens (tertiary/aromatic N) is 3. The molecule has 1 aliphatic rings. The number of benzene rings is 3. The van der Waals surface area contributed by atoms with Crippen LogP contribution in [0.25, 0.3) is 10.9 Å². The second-order valence-electron chi connectivity index (χ2n) is 10.7. The van der Waals surface area contributed by atoms with Gasteiger partial charge in [0, 0.05) is 48.3 Å². The largest absolute Gasteiger partial charge is 0.350 e. The van der Waals surface area contributed by atoms with Gasteiger partial charge in [0.2, 0.25) is 11.8 Å². The SMILES string of the molecule is CC(=O)c1nn(CC(=O)N(CC(=O)NCc2cccc(Cl)c2F)C2CC2)c2ccc(CC(=O)Cc3ccc(Cl)cc3)cc12. The third kappa shape index (κ3) is 7.47. The maximum atomic E-state index is 14.2. The average molecular weight is 624 g/mol. The summed E-state index contributed by atoms with van der Waals surface area (Å²) in [6.07, 6.45) is 1.96. The molecule has 2 amide bonds. The predicted octanol–water partition coefficient (Wildman–Crippen LogP) is 5.35. The van der Waals surface area contributed by atoms with E-state index in [1.807, 2.05) is 12.1 Å². The van der Waals surface area contributed by atoms with E-state index >= 15 is 0 Å². The van der Waals surface area contributed by atoms with Crippen LogP contribution in [0.3, 0.4) is 0 Å². The van der Waals surface area contributed by atoms with Crippen molar-refractivity contribution in [2.45, 2.75) is 51.7 Å². The highest BCUT2D eigenvalue weighted by Crippen LogP contribution is 2.28. The van der Waals surface area contributed by atoms with Crippen LogP contribution < -0.4 is 5.32 Å². The molecule has 0 aliphatic heterocycles. The Bertz CT molecular complexity index is 1720. The Morgan fingerprint density at radius 2 is 1.70 bits per heavy atom. The third-order valence-corrected chi connectivity index (χ3v) is 7.82. The van der Waals surface area contributed by atoms with Gasteiger partial charge in [-0.2, -0.15) is 5.10 Å². The summed E-state index contributed by atoms with van der Waals surface area (Å²) in [5.74, 6) is -1.62. The number of aromatic nitrogens is 2. The highest BCUT2D eigenvalue weighted by atomic mass is 35.5. The van der Waals surface area contributed by atoms with Crippen LogP contribution in [0, 0.1) is 5.82 Å². The zero-order valence-electron chi connectivity index (χ0n) is 23.4. The fraction of sp³-hybridized carbons (Fsp3) is 0.281. The molecule has 43 heavy (non-hydrogen) atoms. The molecule has 4 aromatic rings. The number of ketones is 2. The first-order valence-electron chi connectivity index (χ1n) is 13.8. The van der Waals surface area contributed by atoms with Crippen molar-refractivity contribution >= 4 is 57.5 Å². The highest BCUT2D eigenvalue weighted by Gasteiger charge is 2.34. The third-order valence-electron chi connectivity index (χ3n) is 7.28. The van der Waals surface area contributed by atoms with Gasteiger partial charge in [-0.25, -0.2) is 4.39 Å². The highest BCUT2D eigenvalue weighted by molar-refractivity contribution is 6.31. The van der Waals surface area contributed by atoms with Gasteiger partial charge in [0.1, 0.15) is 23.8 Å². The van der Waals surface area contributed by atoms with E-state index in [4.69, 9.17) is 23.2 Å². The molecule has 0 atom stereocenters. The Hall–Kier alpha value is -4.08. The van der Waals surface area contributed by atoms with Gasteiger partial charge in [0.25, 0.3) is 0 Å². The topological polar surface area (TPSA) is 101 Å². The Morgan fingerprint density at radius 1 is 1.00 bits per heavy atom. The number of carbonyl (C=O) groups is 4. The molecule has 0 saturated heterocycles. The summed E-state index contributed by atoms with van der Waals surface area (Å²) < 4.78 is 15.7. The summed E-state index contributed by atoms with van der Waals surface area (Å²) in [5.41, 5.74) is 2.61. The number of fused-ring (bicyclic) bond motifs is 1. The number of hydrogen-bond donors (Lipinski definition) is 1. The van der Waals surface area contributed by atoms with Gasteiger partial charge >= 0.3 is 0 Å². The van der Waals surface area contributed by atoms with Crippen LogP contribution in [0.1, 0.15) is 46.9 Å². The van der Waals surface area contributed by atoms with Crippen molar-refractivity contribution in [1.82, 2.24) is 20.0 Å². The monoisotopic (exact) mass is 622 g/mol. The molecule has 1 N–H and O–H groups in total. The number of halogens is 3. The summed E-state index contributed by atoms with van der Waals surface area (Å²) in [7, 11) is 0. The molecule has 1 saturated carbocycles. The fourth-order valence-corrected chi connectivity index (χ4v) is 5.27. The number of amides is 2. The van der Waals surface area contributed by atoms with E-state index in [0.29, 0.717) is 15.9 Å². The molecule has 11 heteroatoms. The van der Waals surface area contributed by atoms with Crippen LogP contribution in [0.2, 0.25) is 10.0 Å². The summed E-state index contributed by atoms with van der Waals surface area (Å²) in [4.78, 5) is 52.8. The molecule has 0 radical (unpaired) electrons. The zero-order chi connectivity index (χ0) is 30.7. The van der Waals surface area contributed by atoms with Crippen molar-refractivity contribution in [2.75, 3.05) is 6.54 Å². The number of rotatable bonds is 12. The van der Waals surface area contributed by atoms with Gasteiger partial charge < -0.3 is 10.2 Å². The van der Waals surface area contributed by atoms with Crippen molar-refractivity contribution in [3.63, 3.8) is 0 Å². The Labute approximate surface area is 257 Å². The van der Waals surface area contributed by atoms with Gasteiger partial charge in [-0.15, -0.1) is 0 Å². The van der Waals surface area contributed by atoms with Crippen LogP contribution in [-0.4, -0.2) is 50.6 Å². The van der Waals surface area contributed by atoms with Crippen LogP contribution in [0.4, 0.5) is 4.39 Å². The summed E-state index contributed by atoms with van der Waals surface area (Å²) >= 11 is 11.8. The molecule has 0 unspecified atom stereocenters. The minimum absolute atomic E-state index is 0.00469. The summed E-state index contributed by atoms with van der Waals surface area (Å²) in [6, 6.07) is 16.9. The van der Waals surface area contributed by atoms with Crippen molar-refractivity contribution in [2.24, 2.45) is 0 Å². The second kappa shape index (κ2) is 13.1. The van der Waals surface area contributed by atoms with Crippen LogP contribution in [0.15, 0.2) is 60.7 Å². The zero-order valence-corrected chi connectivity index (χ0v) is 24.9. The lowest BCUT2D eigenvalue weighted by Crippen LogP contribution is -2.43. The van der Waals surface area contributed by atoms with E-state index in [2.05, 4.69) is 10.4 Å². The minimum atomic E-state index is -0.597. The van der Waals surface area contributed by atoms with Gasteiger partial charge in [0.05, 0.1) is 17.1 Å². The number of nitrogens with one attached hydrogen (secondary N) is 1. The fourth-order valence-electron chi connectivity index (χ4n) is 4.95. The first-order chi connectivity index (χ1) is 20.6. The summed E-state index contributed by atoms with van der Waals surface area (Å²) in [5, 5.41) is 8.20. The standard InChI is InChI=1S/C32H29Cl2FN4O4/c1-19(40)32-26-15-21(14-25(41)13-20-5-8-23(33)9-6-20)7-12-28(26)39(37-32)18-30(43)38(24-10-11-24)17-29(42)36-16-22-3-2-4-27(34)31(22)35/h2-9,12,15,24H,10-11,13-14,16-18H2,1H3,(H,36,42). The summed E-state index contributed by atoms with van der Waals surface area (Å²) in [6.45, 7) is 0.972. The maximum Gasteiger partial charge on any atom is 0.245 e. The lowest BCUT2D eigenvalue weighted by Gasteiger charge is -2.22. The molecule has 1 heterocycles. The first-order valence-corrected chi connectivity index (χ1v) is 14.6. The first kappa shape index (κ1) is 30.4. The van der Waals surface area contributed by atoms with Crippen molar-refractivity contribution < 1.29 is 23.6 Å². The molecule has 5 rings (SSSR count). The lowest BCUT2D eigenvalue weighted by molar-refractivity contribution is -0.137. The molecule has 0 bridgehead atoms. The lowest BCUT2D eigenvalue weighted by atomic mass is 10.0. The van der Waals surface area contributed by atoms with Gasteiger partial charge in [-0.1, -0.05) is 53.5 Å².